The van der Waals surface area contributed by atoms with Crippen molar-refractivity contribution in [1.82, 2.24) is 0 Å². The number of unbranched alkanes of at least 4 members (excludes halogenated alkanes) is 1. The molecule has 0 aromatic heterocycles. The largest absolute Gasteiger partial charge is 0.466 e. The summed E-state index contributed by atoms with van der Waals surface area (Å²) >= 11 is 0. The Morgan fingerprint density at radius 1 is 1.62 bits per heavy atom. The molecule has 1 atom stereocenters. The van der Waals surface area contributed by atoms with Crippen LogP contribution in [0.15, 0.2) is 12.2 Å². The van der Waals surface area contributed by atoms with Gasteiger partial charge in [-0.2, -0.15) is 0 Å². The van der Waals surface area contributed by atoms with Gasteiger partial charge >= 0.3 is 5.97 Å². The first-order chi connectivity index (χ1) is 6.20. The van der Waals surface area contributed by atoms with Gasteiger partial charge in [0.2, 0.25) is 0 Å². The number of ether oxygens (including phenoxy) is 1. The normalized spacial score (nSPS) is 13.2. The van der Waals surface area contributed by atoms with Gasteiger partial charge in [0.25, 0.3) is 0 Å². The summed E-state index contributed by atoms with van der Waals surface area (Å²) in [5.41, 5.74) is 0. The fraction of sp³-hybridized carbons (Fsp3) is 0.667. The standard InChI is InChI=1S/C9H16O4/c1-13-9(12)6-4-2-3-5-8(11)7-10/h4,6,8,10-11H,2-3,5,7H2,1H3/b6-4+. The topological polar surface area (TPSA) is 66.8 Å². The predicted octanol–water partition coefficient (Wildman–Crippen LogP) is 0.239. The Labute approximate surface area is 77.8 Å². The second kappa shape index (κ2) is 7.76. The van der Waals surface area contributed by atoms with Gasteiger partial charge in [0, 0.05) is 6.08 Å². The molecule has 13 heavy (non-hydrogen) atoms. The summed E-state index contributed by atoms with van der Waals surface area (Å²) in [5, 5.41) is 17.4. The van der Waals surface area contributed by atoms with E-state index in [0.29, 0.717) is 12.8 Å². The minimum Gasteiger partial charge on any atom is -0.466 e. The summed E-state index contributed by atoms with van der Waals surface area (Å²) in [6, 6.07) is 0. The number of aliphatic hydroxyl groups is 2. The maximum absolute atomic E-state index is 10.6. The van der Waals surface area contributed by atoms with Crippen molar-refractivity contribution in [1.29, 1.82) is 0 Å². The van der Waals surface area contributed by atoms with E-state index in [0.717, 1.165) is 6.42 Å². The lowest BCUT2D eigenvalue weighted by Gasteiger charge is -2.03. The lowest BCUT2D eigenvalue weighted by atomic mass is 10.1. The molecular formula is C9H16O4. The Morgan fingerprint density at radius 3 is 2.85 bits per heavy atom. The zero-order valence-electron chi connectivity index (χ0n) is 7.77. The van der Waals surface area contributed by atoms with Crippen LogP contribution in [0.3, 0.4) is 0 Å². The van der Waals surface area contributed by atoms with Crippen molar-refractivity contribution in [2.45, 2.75) is 25.4 Å². The molecule has 0 spiro atoms. The van der Waals surface area contributed by atoms with E-state index in [1.807, 2.05) is 0 Å². The number of methoxy groups -OCH3 is 1. The molecule has 0 saturated carbocycles. The first-order valence-electron chi connectivity index (χ1n) is 4.24. The third-order valence-electron chi connectivity index (χ3n) is 1.57. The molecular weight excluding hydrogens is 172 g/mol. The van der Waals surface area contributed by atoms with Crippen molar-refractivity contribution in [2.24, 2.45) is 0 Å². The molecule has 0 aliphatic carbocycles. The maximum Gasteiger partial charge on any atom is 0.330 e. The second-order valence-electron chi connectivity index (χ2n) is 2.69. The molecule has 0 aromatic carbocycles. The van der Waals surface area contributed by atoms with Crippen LogP contribution in [0.4, 0.5) is 0 Å². The van der Waals surface area contributed by atoms with Crippen LogP contribution in [0.1, 0.15) is 19.3 Å². The fourth-order valence-corrected chi connectivity index (χ4v) is 0.810. The monoisotopic (exact) mass is 188 g/mol. The summed E-state index contributed by atoms with van der Waals surface area (Å²) in [6.45, 7) is -0.208. The highest BCUT2D eigenvalue weighted by Crippen LogP contribution is 2.00. The molecule has 0 bridgehead atoms. The van der Waals surface area contributed by atoms with Gasteiger partial charge in [-0.05, 0) is 19.3 Å². The lowest BCUT2D eigenvalue weighted by Crippen LogP contribution is -2.10. The molecule has 0 amide bonds. The SMILES string of the molecule is COC(=O)/C=C/CCCC(O)CO. The number of carbonyl (C=O) groups is 1. The minimum atomic E-state index is -0.647. The lowest BCUT2D eigenvalue weighted by molar-refractivity contribution is -0.134. The molecule has 0 aromatic rings. The fourth-order valence-electron chi connectivity index (χ4n) is 0.810. The second-order valence-corrected chi connectivity index (χ2v) is 2.69. The van der Waals surface area contributed by atoms with Gasteiger partial charge in [-0.15, -0.1) is 0 Å². The van der Waals surface area contributed by atoms with Crippen molar-refractivity contribution in [3.63, 3.8) is 0 Å². The van der Waals surface area contributed by atoms with Crippen molar-refractivity contribution < 1.29 is 19.7 Å². The Bertz CT molecular complexity index is 165. The van der Waals surface area contributed by atoms with Gasteiger partial charge in [0.05, 0.1) is 19.8 Å². The molecule has 4 nitrogen and oxygen atoms in total. The van der Waals surface area contributed by atoms with Gasteiger partial charge in [-0.1, -0.05) is 6.08 Å². The van der Waals surface area contributed by atoms with E-state index in [2.05, 4.69) is 4.74 Å². The molecule has 2 N–H and O–H groups in total. The number of aliphatic hydroxyl groups excluding tert-OH is 2. The first kappa shape index (κ1) is 12.1. The highest BCUT2D eigenvalue weighted by Gasteiger charge is 1.99. The third-order valence-corrected chi connectivity index (χ3v) is 1.57. The summed E-state index contributed by atoms with van der Waals surface area (Å²) in [7, 11) is 1.32. The third kappa shape index (κ3) is 7.49. The van der Waals surface area contributed by atoms with Gasteiger partial charge in [0.1, 0.15) is 0 Å². The Balaban J connectivity index is 3.35. The number of hydrogen-bond acceptors (Lipinski definition) is 4. The predicted molar refractivity (Wildman–Crippen MR) is 48.1 cm³/mol. The van der Waals surface area contributed by atoms with Gasteiger partial charge in [0.15, 0.2) is 0 Å². The van der Waals surface area contributed by atoms with E-state index in [1.54, 1.807) is 6.08 Å². The van der Waals surface area contributed by atoms with Gasteiger partial charge < -0.3 is 14.9 Å². The van der Waals surface area contributed by atoms with E-state index >= 15 is 0 Å². The molecule has 0 heterocycles. The van der Waals surface area contributed by atoms with E-state index in [4.69, 9.17) is 10.2 Å². The molecule has 0 rings (SSSR count). The van der Waals surface area contributed by atoms with Crippen LogP contribution in [0.25, 0.3) is 0 Å². The zero-order valence-corrected chi connectivity index (χ0v) is 7.77. The Hall–Kier alpha value is -0.870. The molecule has 0 fully saturated rings. The molecule has 4 heteroatoms. The van der Waals surface area contributed by atoms with Crippen LogP contribution in [-0.4, -0.2) is 36.0 Å². The number of hydrogen-bond donors (Lipinski definition) is 2. The summed E-state index contributed by atoms with van der Waals surface area (Å²) in [5.74, 6) is -0.372. The van der Waals surface area contributed by atoms with E-state index < -0.39 is 6.10 Å². The number of rotatable bonds is 6. The van der Waals surface area contributed by atoms with Crippen LogP contribution >= 0.6 is 0 Å². The summed E-state index contributed by atoms with van der Waals surface area (Å²) < 4.78 is 4.38. The number of esters is 1. The Morgan fingerprint density at radius 2 is 2.31 bits per heavy atom. The van der Waals surface area contributed by atoms with Crippen molar-refractivity contribution >= 4 is 5.97 Å². The van der Waals surface area contributed by atoms with Crippen LogP contribution in [-0.2, 0) is 9.53 Å². The minimum absolute atomic E-state index is 0.208. The van der Waals surface area contributed by atoms with Crippen LogP contribution < -0.4 is 0 Å². The molecule has 0 radical (unpaired) electrons. The first-order valence-corrected chi connectivity index (χ1v) is 4.24. The zero-order chi connectivity index (χ0) is 10.1. The van der Waals surface area contributed by atoms with Crippen LogP contribution in [0.2, 0.25) is 0 Å². The summed E-state index contributed by atoms with van der Waals surface area (Å²) in [6.07, 6.45) is 4.39. The van der Waals surface area contributed by atoms with Crippen molar-refractivity contribution in [3.8, 4) is 0 Å². The van der Waals surface area contributed by atoms with Crippen molar-refractivity contribution in [2.75, 3.05) is 13.7 Å². The number of allylic oxidation sites excluding steroid dienone is 1. The maximum atomic E-state index is 10.6. The highest BCUT2D eigenvalue weighted by molar-refractivity contribution is 5.81. The van der Waals surface area contributed by atoms with E-state index in [-0.39, 0.29) is 12.6 Å². The quantitative estimate of drug-likeness (QED) is 0.356. The summed E-state index contributed by atoms with van der Waals surface area (Å²) in [4.78, 5) is 10.6. The van der Waals surface area contributed by atoms with E-state index in [1.165, 1.54) is 13.2 Å². The smallest absolute Gasteiger partial charge is 0.330 e. The highest BCUT2D eigenvalue weighted by atomic mass is 16.5. The van der Waals surface area contributed by atoms with Crippen molar-refractivity contribution in [3.05, 3.63) is 12.2 Å². The average Bonchev–Trinajstić information content (AvgIpc) is 2.16. The average molecular weight is 188 g/mol. The molecule has 1 unspecified atom stereocenters. The Kier molecular flexibility index (Phi) is 7.24. The van der Waals surface area contributed by atoms with Gasteiger partial charge in [-0.3, -0.25) is 0 Å². The molecule has 76 valence electrons. The molecule has 0 aliphatic rings. The molecule has 0 saturated heterocycles. The van der Waals surface area contributed by atoms with Crippen LogP contribution in [0, 0.1) is 0 Å². The van der Waals surface area contributed by atoms with Gasteiger partial charge in [-0.25, -0.2) is 4.79 Å². The van der Waals surface area contributed by atoms with E-state index in [9.17, 15) is 4.79 Å². The number of carbonyl (C=O) groups excluding carboxylic acids is 1. The van der Waals surface area contributed by atoms with Crippen LogP contribution in [0.5, 0.6) is 0 Å². The molecule has 0 aliphatic heterocycles.